The van der Waals surface area contributed by atoms with Crippen molar-refractivity contribution in [3.05, 3.63) is 47.3 Å². The van der Waals surface area contributed by atoms with Crippen molar-refractivity contribution in [1.29, 1.82) is 0 Å². The molecule has 0 unspecified atom stereocenters. The van der Waals surface area contributed by atoms with Crippen LogP contribution >= 0.6 is 0 Å². The lowest BCUT2D eigenvalue weighted by molar-refractivity contribution is 0.238. The Labute approximate surface area is 113 Å². The zero-order chi connectivity index (χ0) is 13.2. The molecule has 4 nitrogen and oxygen atoms in total. The molecule has 1 aliphatic rings. The van der Waals surface area contributed by atoms with Crippen LogP contribution in [0, 0.1) is 0 Å². The maximum absolute atomic E-state index is 6.09. The van der Waals surface area contributed by atoms with Crippen molar-refractivity contribution in [2.75, 3.05) is 12.3 Å². The zero-order valence-electron chi connectivity index (χ0n) is 11.3. The van der Waals surface area contributed by atoms with Crippen molar-refractivity contribution in [3.8, 4) is 0 Å². The molecule has 0 atom stereocenters. The molecule has 4 heteroatoms. The normalized spacial score (nSPS) is 15.4. The molecule has 1 aromatic carbocycles. The number of aryl methyl sites for hydroxylation is 1. The van der Waals surface area contributed by atoms with Crippen molar-refractivity contribution in [2.24, 2.45) is 0 Å². The van der Waals surface area contributed by atoms with Crippen molar-refractivity contribution in [2.45, 2.75) is 33.0 Å². The Morgan fingerprint density at radius 1 is 1.32 bits per heavy atom. The van der Waals surface area contributed by atoms with Crippen LogP contribution in [-0.2, 0) is 26.1 Å². The standard InChI is InChI=1S/C15H20N4/c1-2-19-13(6-8-17-19)10-18-9-7-12-4-3-5-15(16)14(12)11-18/h3-6,8H,2,7,9-11,16H2,1H3. The monoisotopic (exact) mass is 256 g/mol. The Kier molecular flexibility index (Phi) is 3.25. The summed E-state index contributed by atoms with van der Waals surface area (Å²) in [5.41, 5.74) is 11.0. The second kappa shape index (κ2) is 5.05. The van der Waals surface area contributed by atoms with E-state index in [0.717, 1.165) is 38.3 Å². The van der Waals surface area contributed by atoms with E-state index in [2.05, 4.69) is 39.8 Å². The molecule has 0 saturated heterocycles. The van der Waals surface area contributed by atoms with Crippen molar-refractivity contribution < 1.29 is 0 Å². The number of hydrogen-bond acceptors (Lipinski definition) is 3. The van der Waals surface area contributed by atoms with Gasteiger partial charge >= 0.3 is 0 Å². The van der Waals surface area contributed by atoms with E-state index in [4.69, 9.17) is 5.73 Å². The fourth-order valence-corrected chi connectivity index (χ4v) is 2.81. The average molecular weight is 256 g/mol. The van der Waals surface area contributed by atoms with E-state index in [1.165, 1.54) is 16.8 Å². The first-order valence-electron chi connectivity index (χ1n) is 6.87. The van der Waals surface area contributed by atoms with Gasteiger partial charge in [0.25, 0.3) is 0 Å². The van der Waals surface area contributed by atoms with Gasteiger partial charge in [0.1, 0.15) is 0 Å². The summed E-state index contributed by atoms with van der Waals surface area (Å²) in [5, 5.41) is 4.33. The quantitative estimate of drug-likeness (QED) is 0.855. The molecule has 100 valence electrons. The summed E-state index contributed by atoms with van der Waals surface area (Å²) in [6.07, 6.45) is 2.96. The second-order valence-electron chi connectivity index (χ2n) is 5.08. The van der Waals surface area contributed by atoms with Gasteiger partial charge in [0.05, 0.1) is 5.69 Å². The first-order valence-corrected chi connectivity index (χ1v) is 6.87. The summed E-state index contributed by atoms with van der Waals surface area (Å²) in [6, 6.07) is 8.35. The Morgan fingerprint density at radius 3 is 3.05 bits per heavy atom. The fraction of sp³-hybridized carbons (Fsp3) is 0.400. The van der Waals surface area contributed by atoms with E-state index in [0.29, 0.717) is 0 Å². The maximum atomic E-state index is 6.09. The van der Waals surface area contributed by atoms with Crippen LogP contribution in [0.1, 0.15) is 23.7 Å². The number of aromatic nitrogens is 2. The van der Waals surface area contributed by atoms with Crippen LogP contribution in [0.2, 0.25) is 0 Å². The smallest absolute Gasteiger partial charge is 0.0524 e. The molecule has 0 saturated carbocycles. The number of benzene rings is 1. The van der Waals surface area contributed by atoms with Gasteiger partial charge < -0.3 is 5.73 Å². The lowest BCUT2D eigenvalue weighted by atomic mass is 9.98. The Morgan fingerprint density at radius 2 is 2.21 bits per heavy atom. The first-order chi connectivity index (χ1) is 9.28. The Hall–Kier alpha value is -1.81. The van der Waals surface area contributed by atoms with Crippen LogP contribution in [0.4, 0.5) is 5.69 Å². The summed E-state index contributed by atoms with van der Waals surface area (Å²) in [4.78, 5) is 2.45. The third-order valence-corrected chi connectivity index (χ3v) is 3.88. The van der Waals surface area contributed by atoms with Gasteiger partial charge in [-0.25, -0.2) is 0 Å². The van der Waals surface area contributed by atoms with Gasteiger partial charge in [0.2, 0.25) is 0 Å². The largest absolute Gasteiger partial charge is 0.398 e. The van der Waals surface area contributed by atoms with Gasteiger partial charge in [-0.05, 0) is 36.6 Å². The highest BCUT2D eigenvalue weighted by atomic mass is 15.3. The van der Waals surface area contributed by atoms with E-state index >= 15 is 0 Å². The van der Waals surface area contributed by atoms with Crippen LogP contribution in [0.15, 0.2) is 30.5 Å². The van der Waals surface area contributed by atoms with Crippen LogP contribution in [0.25, 0.3) is 0 Å². The summed E-state index contributed by atoms with van der Waals surface area (Å²) in [7, 11) is 0. The molecular formula is C15H20N4. The molecule has 0 spiro atoms. The SMILES string of the molecule is CCn1nccc1CN1CCc2cccc(N)c2C1. The molecule has 0 radical (unpaired) electrons. The van der Waals surface area contributed by atoms with Crippen molar-refractivity contribution in [3.63, 3.8) is 0 Å². The van der Waals surface area contributed by atoms with Crippen molar-refractivity contribution in [1.82, 2.24) is 14.7 Å². The predicted molar refractivity (Wildman–Crippen MR) is 76.6 cm³/mol. The number of fused-ring (bicyclic) bond motifs is 1. The highest BCUT2D eigenvalue weighted by molar-refractivity contribution is 5.51. The van der Waals surface area contributed by atoms with Crippen LogP contribution in [-0.4, -0.2) is 21.2 Å². The number of nitrogen functional groups attached to an aromatic ring is 1. The highest BCUT2D eigenvalue weighted by Crippen LogP contribution is 2.25. The molecule has 19 heavy (non-hydrogen) atoms. The third-order valence-electron chi connectivity index (χ3n) is 3.88. The molecule has 0 amide bonds. The van der Waals surface area contributed by atoms with Gasteiger partial charge in [-0.3, -0.25) is 9.58 Å². The molecule has 0 bridgehead atoms. The molecule has 2 heterocycles. The maximum Gasteiger partial charge on any atom is 0.0524 e. The highest BCUT2D eigenvalue weighted by Gasteiger charge is 2.18. The number of nitrogens with two attached hydrogens (primary N) is 1. The lowest BCUT2D eigenvalue weighted by Gasteiger charge is -2.29. The predicted octanol–water partition coefficient (Wildman–Crippen LogP) is 2.04. The molecule has 1 aromatic heterocycles. The van der Waals surface area contributed by atoms with E-state index in [1.807, 2.05) is 12.3 Å². The van der Waals surface area contributed by atoms with E-state index in [9.17, 15) is 0 Å². The minimum atomic E-state index is 0.922. The fourth-order valence-electron chi connectivity index (χ4n) is 2.81. The zero-order valence-corrected chi connectivity index (χ0v) is 11.3. The van der Waals surface area contributed by atoms with Gasteiger partial charge in [-0.15, -0.1) is 0 Å². The minimum Gasteiger partial charge on any atom is -0.398 e. The topological polar surface area (TPSA) is 47.1 Å². The summed E-state index contributed by atoms with van der Waals surface area (Å²) >= 11 is 0. The lowest BCUT2D eigenvalue weighted by Crippen LogP contribution is -2.31. The number of nitrogens with zero attached hydrogens (tertiary/aromatic N) is 3. The average Bonchev–Trinajstić information content (AvgIpc) is 2.87. The molecule has 0 aliphatic carbocycles. The number of anilines is 1. The summed E-state index contributed by atoms with van der Waals surface area (Å²) < 4.78 is 2.06. The molecular weight excluding hydrogens is 236 g/mol. The van der Waals surface area contributed by atoms with Gasteiger partial charge in [-0.1, -0.05) is 12.1 Å². The Balaban J connectivity index is 1.77. The second-order valence-corrected chi connectivity index (χ2v) is 5.08. The van der Waals surface area contributed by atoms with Crippen molar-refractivity contribution >= 4 is 5.69 Å². The van der Waals surface area contributed by atoms with Crippen LogP contribution in [0.5, 0.6) is 0 Å². The molecule has 2 N–H and O–H groups in total. The van der Waals surface area contributed by atoms with Gasteiger partial charge in [0.15, 0.2) is 0 Å². The molecule has 2 aromatic rings. The first kappa shape index (κ1) is 12.2. The molecule has 3 rings (SSSR count). The third kappa shape index (κ3) is 2.36. The Bertz CT molecular complexity index is 573. The number of rotatable bonds is 3. The number of hydrogen-bond donors (Lipinski definition) is 1. The molecule has 1 aliphatic heterocycles. The van der Waals surface area contributed by atoms with E-state index < -0.39 is 0 Å². The minimum absolute atomic E-state index is 0.922. The summed E-state index contributed by atoms with van der Waals surface area (Å²) in [5.74, 6) is 0. The molecule has 0 fully saturated rings. The van der Waals surface area contributed by atoms with E-state index in [1.54, 1.807) is 0 Å². The van der Waals surface area contributed by atoms with Crippen LogP contribution < -0.4 is 5.73 Å². The van der Waals surface area contributed by atoms with Gasteiger partial charge in [0, 0.05) is 38.1 Å². The van der Waals surface area contributed by atoms with Gasteiger partial charge in [-0.2, -0.15) is 5.10 Å². The van der Waals surface area contributed by atoms with E-state index in [-0.39, 0.29) is 0 Å². The summed E-state index contributed by atoms with van der Waals surface area (Å²) in [6.45, 7) is 6.03. The van der Waals surface area contributed by atoms with Crippen LogP contribution in [0.3, 0.4) is 0 Å².